The van der Waals surface area contributed by atoms with Crippen LogP contribution in [0.25, 0.3) is 0 Å². The predicted molar refractivity (Wildman–Crippen MR) is 150 cm³/mol. The molecule has 12 heteroatoms. The first-order valence-corrected chi connectivity index (χ1v) is 14.3. The Bertz CT molecular complexity index is 1230. The molecule has 2 aliphatic heterocycles. The number of benzene rings is 1. The van der Waals surface area contributed by atoms with Crippen molar-refractivity contribution < 1.29 is 23.9 Å². The van der Waals surface area contributed by atoms with Crippen LogP contribution in [-0.2, 0) is 36.9 Å². The van der Waals surface area contributed by atoms with Crippen molar-refractivity contribution in [3.63, 3.8) is 0 Å². The van der Waals surface area contributed by atoms with E-state index in [2.05, 4.69) is 26.0 Å². The molecule has 0 radical (unpaired) electrons. The molecule has 1 aromatic heterocycles. The molecule has 1 saturated heterocycles. The summed E-state index contributed by atoms with van der Waals surface area (Å²) in [6, 6.07) is 7.80. The van der Waals surface area contributed by atoms with Crippen LogP contribution >= 0.6 is 0 Å². The highest BCUT2D eigenvalue weighted by Crippen LogP contribution is 2.21. The minimum atomic E-state index is -0.818. The molecule has 0 saturated carbocycles. The SMILES string of the molecule is Cc1nc2n(n1)CC(=O)N[C@H](C)C(=O)N[C@@H](C(C)C)CN(C(=O)C1CCOCC1)CC(=O)N[C@H]2Cc1ccccc1. The maximum atomic E-state index is 13.7. The molecule has 0 bridgehead atoms. The molecule has 222 valence electrons. The Morgan fingerprint density at radius 3 is 2.39 bits per heavy atom. The second-order valence-corrected chi connectivity index (χ2v) is 11.2. The lowest BCUT2D eigenvalue weighted by atomic mass is 9.97. The van der Waals surface area contributed by atoms with Gasteiger partial charge in [-0.25, -0.2) is 9.67 Å². The molecular formula is C29H41N7O5. The van der Waals surface area contributed by atoms with E-state index in [4.69, 9.17) is 4.74 Å². The smallest absolute Gasteiger partial charge is 0.242 e. The van der Waals surface area contributed by atoms with Crippen LogP contribution < -0.4 is 16.0 Å². The molecule has 1 fully saturated rings. The second kappa shape index (κ2) is 13.7. The summed E-state index contributed by atoms with van der Waals surface area (Å²) >= 11 is 0. The zero-order valence-corrected chi connectivity index (χ0v) is 24.3. The van der Waals surface area contributed by atoms with Crippen LogP contribution in [0.15, 0.2) is 30.3 Å². The molecule has 1 aromatic carbocycles. The van der Waals surface area contributed by atoms with Gasteiger partial charge in [0.2, 0.25) is 23.6 Å². The Morgan fingerprint density at radius 1 is 1.02 bits per heavy atom. The van der Waals surface area contributed by atoms with Crippen molar-refractivity contribution in [3.8, 4) is 0 Å². The lowest BCUT2D eigenvalue weighted by molar-refractivity contribution is -0.143. The molecule has 0 unspecified atom stereocenters. The van der Waals surface area contributed by atoms with Crippen molar-refractivity contribution in [1.29, 1.82) is 0 Å². The fraction of sp³-hybridized carbons (Fsp3) is 0.586. The van der Waals surface area contributed by atoms with Gasteiger partial charge in [0, 0.05) is 31.7 Å². The minimum absolute atomic E-state index is 0.0337. The number of nitrogens with zero attached hydrogens (tertiary/aromatic N) is 4. The van der Waals surface area contributed by atoms with Gasteiger partial charge in [0.25, 0.3) is 0 Å². The van der Waals surface area contributed by atoms with Gasteiger partial charge in [0.15, 0.2) is 5.82 Å². The fourth-order valence-electron chi connectivity index (χ4n) is 5.21. The van der Waals surface area contributed by atoms with Crippen LogP contribution in [0.1, 0.15) is 56.9 Å². The summed E-state index contributed by atoms with van der Waals surface area (Å²) in [5, 5.41) is 13.2. The van der Waals surface area contributed by atoms with Crippen LogP contribution in [0.5, 0.6) is 0 Å². The molecule has 0 spiro atoms. The highest BCUT2D eigenvalue weighted by molar-refractivity contribution is 5.88. The predicted octanol–water partition coefficient (Wildman–Crippen LogP) is 0.901. The Kier molecular flexibility index (Phi) is 10.1. The van der Waals surface area contributed by atoms with Crippen molar-refractivity contribution in [3.05, 3.63) is 47.5 Å². The highest BCUT2D eigenvalue weighted by Gasteiger charge is 2.33. The van der Waals surface area contributed by atoms with E-state index in [1.807, 2.05) is 44.2 Å². The van der Waals surface area contributed by atoms with Gasteiger partial charge in [-0.1, -0.05) is 44.2 Å². The van der Waals surface area contributed by atoms with Crippen molar-refractivity contribution in [2.24, 2.45) is 11.8 Å². The second-order valence-electron chi connectivity index (χ2n) is 11.2. The summed E-state index contributed by atoms with van der Waals surface area (Å²) in [7, 11) is 0. The Balaban J connectivity index is 1.70. The van der Waals surface area contributed by atoms with E-state index in [1.54, 1.807) is 18.7 Å². The number of fused-ring (bicyclic) bond motifs is 1. The number of aromatic nitrogens is 3. The van der Waals surface area contributed by atoms with E-state index in [1.165, 1.54) is 4.68 Å². The van der Waals surface area contributed by atoms with Gasteiger partial charge in [-0.3, -0.25) is 19.2 Å². The molecule has 4 amide bonds. The van der Waals surface area contributed by atoms with E-state index in [-0.39, 0.29) is 49.2 Å². The van der Waals surface area contributed by atoms with Crippen molar-refractivity contribution in [1.82, 2.24) is 35.6 Å². The maximum Gasteiger partial charge on any atom is 0.242 e. The number of aryl methyl sites for hydroxylation is 1. The Labute approximate surface area is 240 Å². The molecule has 4 rings (SSSR count). The number of carbonyl (C=O) groups excluding carboxylic acids is 4. The zero-order chi connectivity index (χ0) is 29.5. The van der Waals surface area contributed by atoms with Gasteiger partial charge in [-0.2, -0.15) is 5.10 Å². The maximum absolute atomic E-state index is 13.7. The van der Waals surface area contributed by atoms with Crippen molar-refractivity contribution in [2.75, 3.05) is 26.3 Å². The average molecular weight is 568 g/mol. The number of ether oxygens (including phenoxy) is 1. The number of hydrogen-bond acceptors (Lipinski definition) is 7. The minimum Gasteiger partial charge on any atom is -0.381 e. The standard InChI is InChI=1S/C29H41N7O5/c1-18(2)24-15-35(29(40)22-10-12-41-13-11-22)16-25(37)32-23(14-21-8-6-5-7-9-21)27-31-20(4)34-36(27)17-26(38)30-19(3)28(39)33-24/h5-9,18-19,22-24H,10-17H2,1-4H3,(H,30,38)(H,32,37)(H,33,39)/t19-,23+,24-/m1/s1. The third-order valence-electron chi connectivity index (χ3n) is 7.57. The molecular weight excluding hydrogens is 526 g/mol. The van der Waals surface area contributed by atoms with Crippen LogP contribution in [0, 0.1) is 18.8 Å². The summed E-state index contributed by atoms with van der Waals surface area (Å²) in [5.74, 6) is -0.692. The average Bonchev–Trinajstić information content (AvgIpc) is 3.31. The highest BCUT2D eigenvalue weighted by atomic mass is 16.5. The third-order valence-corrected chi connectivity index (χ3v) is 7.57. The fourth-order valence-corrected chi connectivity index (χ4v) is 5.21. The van der Waals surface area contributed by atoms with E-state index in [9.17, 15) is 19.2 Å². The number of rotatable bonds is 4. The first-order valence-electron chi connectivity index (χ1n) is 14.3. The molecule has 12 nitrogen and oxygen atoms in total. The van der Waals surface area contributed by atoms with Gasteiger partial charge in [0.1, 0.15) is 18.4 Å². The zero-order valence-electron chi connectivity index (χ0n) is 24.3. The molecule has 0 aliphatic carbocycles. The summed E-state index contributed by atoms with van der Waals surface area (Å²) in [6.07, 6.45) is 1.57. The van der Waals surface area contributed by atoms with Crippen LogP contribution in [0.4, 0.5) is 0 Å². The molecule has 3 atom stereocenters. The lowest BCUT2D eigenvalue weighted by Gasteiger charge is -2.34. The van der Waals surface area contributed by atoms with Gasteiger partial charge < -0.3 is 25.6 Å². The van der Waals surface area contributed by atoms with Gasteiger partial charge >= 0.3 is 0 Å². The monoisotopic (exact) mass is 567 g/mol. The molecule has 2 aliphatic rings. The summed E-state index contributed by atoms with van der Waals surface area (Å²) < 4.78 is 6.91. The van der Waals surface area contributed by atoms with Gasteiger partial charge in [-0.15, -0.1) is 0 Å². The van der Waals surface area contributed by atoms with E-state index < -0.39 is 24.0 Å². The summed E-state index contributed by atoms with van der Waals surface area (Å²) in [4.78, 5) is 59.6. The summed E-state index contributed by atoms with van der Waals surface area (Å²) in [6.45, 7) is 8.02. The topological polar surface area (TPSA) is 148 Å². The van der Waals surface area contributed by atoms with Gasteiger partial charge in [0.05, 0.1) is 12.6 Å². The van der Waals surface area contributed by atoms with Crippen molar-refractivity contribution >= 4 is 23.6 Å². The number of amides is 4. The Morgan fingerprint density at radius 2 is 1.71 bits per heavy atom. The number of nitrogens with one attached hydrogen (secondary N) is 3. The van der Waals surface area contributed by atoms with E-state index in [0.717, 1.165) is 5.56 Å². The molecule has 3 heterocycles. The quantitative estimate of drug-likeness (QED) is 0.497. The van der Waals surface area contributed by atoms with Gasteiger partial charge in [-0.05, 0) is 44.6 Å². The Hall–Kier alpha value is -3.80. The van der Waals surface area contributed by atoms with Crippen LogP contribution in [-0.4, -0.2) is 81.7 Å². The van der Waals surface area contributed by atoms with Crippen LogP contribution in [0.3, 0.4) is 0 Å². The third kappa shape index (κ3) is 8.12. The van der Waals surface area contributed by atoms with E-state index >= 15 is 0 Å². The summed E-state index contributed by atoms with van der Waals surface area (Å²) in [5.41, 5.74) is 0.964. The lowest BCUT2D eigenvalue weighted by Crippen LogP contribution is -2.55. The normalized spacial score (nSPS) is 23.6. The van der Waals surface area contributed by atoms with E-state index in [0.29, 0.717) is 44.1 Å². The number of carbonyl (C=O) groups is 4. The molecule has 2 aromatic rings. The van der Waals surface area contributed by atoms with Crippen LogP contribution in [0.2, 0.25) is 0 Å². The van der Waals surface area contributed by atoms with Crippen molar-refractivity contribution in [2.45, 2.75) is 71.6 Å². The number of hydrogen-bond donors (Lipinski definition) is 3. The largest absolute Gasteiger partial charge is 0.381 e. The molecule has 41 heavy (non-hydrogen) atoms. The first kappa shape index (κ1) is 30.2. The molecule has 3 N–H and O–H groups in total. The first-order chi connectivity index (χ1) is 19.6.